The molecule has 1 aliphatic heterocycles. The number of hydrogen-bond donors (Lipinski definition) is 2. The average molecular weight is 538 g/mol. The number of pyridine rings is 1. The third-order valence-corrected chi connectivity index (χ3v) is 7.40. The van der Waals surface area contributed by atoms with E-state index in [4.69, 9.17) is 22.8 Å². The first-order valence-corrected chi connectivity index (χ1v) is 13.1. The zero-order valence-electron chi connectivity index (χ0n) is 20.8. The van der Waals surface area contributed by atoms with E-state index in [1.807, 2.05) is 4.57 Å². The fraction of sp³-hybridized carbons (Fsp3) is 0.379. The number of aliphatic hydroxyl groups is 1. The largest absolute Gasteiger partial charge is 0.491 e. The number of aromatic nitrogens is 1. The van der Waals surface area contributed by atoms with E-state index in [9.17, 15) is 19.1 Å². The lowest BCUT2D eigenvalue weighted by Crippen LogP contribution is -2.47. The minimum Gasteiger partial charge on any atom is -0.491 e. The predicted octanol–water partition coefficient (Wildman–Crippen LogP) is 3.74. The first-order chi connectivity index (χ1) is 18.3. The van der Waals surface area contributed by atoms with Crippen LogP contribution >= 0.6 is 11.6 Å². The molecule has 5 rings (SSSR count). The fourth-order valence-corrected chi connectivity index (χ4v) is 5.03. The SMILES string of the molecule is C#Cc1ccc(OC[C@H](O)CN2CCC(NC(=O)c3cn(C4CC4)c4cc(Cl)c(F)cc4c3=O)CC2)cc1. The Morgan fingerprint density at radius 3 is 2.58 bits per heavy atom. The van der Waals surface area contributed by atoms with Gasteiger partial charge in [-0.2, -0.15) is 0 Å². The Morgan fingerprint density at radius 2 is 1.92 bits per heavy atom. The molecule has 0 bridgehead atoms. The summed E-state index contributed by atoms with van der Waals surface area (Å²) in [6.45, 7) is 1.99. The number of hydrogen-bond acceptors (Lipinski definition) is 5. The quantitative estimate of drug-likeness (QED) is 0.428. The lowest BCUT2D eigenvalue weighted by molar-refractivity contribution is 0.0567. The van der Waals surface area contributed by atoms with E-state index in [1.54, 1.807) is 30.5 Å². The Morgan fingerprint density at radius 1 is 1.21 bits per heavy atom. The number of halogens is 2. The number of fused-ring (bicyclic) bond motifs is 1. The molecule has 1 atom stereocenters. The molecular formula is C29H29ClFN3O4. The second kappa shape index (κ2) is 11.2. The number of nitrogens with one attached hydrogen (secondary N) is 1. The summed E-state index contributed by atoms with van der Waals surface area (Å²) >= 11 is 5.97. The Labute approximate surface area is 225 Å². The highest BCUT2D eigenvalue weighted by atomic mass is 35.5. The van der Waals surface area contributed by atoms with Crippen LogP contribution in [0.1, 0.15) is 47.6 Å². The number of benzene rings is 2. The maximum atomic E-state index is 14.2. The molecule has 38 heavy (non-hydrogen) atoms. The summed E-state index contributed by atoms with van der Waals surface area (Å²) in [5, 5.41) is 13.5. The van der Waals surface area contributed by atoms with Crippen molar-refractivity contribution in [1.82, 2.24) is 14.8 Å². The van der Waals surface area contributed by atoms with Crippen LogP contribution in [0.4, 0.5) is 4.39 Å². The van der Waals surface area contributed by atoms with Gasteiger partial charge in [0.05, 0.1) is 10.5 Å². The highest BCUT2D eigenvalue weighted by molar-refractivity contribution is 6.31. The van der Waals surface area contributed by atoms with Gasteiger partial charge in [0.2, 0.25) is 5.43 Å². The lowest BCUT2D eigenvalue weighted by atomic mass is 10.0. The molecule has 0 spiro atoms. The Bertz CT molecular complexity index is 1440. The summed E-state index contributed by atoms with van der Waals surface area (Å²) in [4.78, 5) is 28.3. The van der Waals surface area contributed by atoms with Crippen molar-refractivity contribution in [1.29, 1.82) is 0 Å². The Kier molecular flexibility index (Phi) is 7.70. The zero-order chi connectivity index (χ0) is 26.8. The van der Waals surface area contributed by atoms with E-state index in [0.29, 0.717) is 43.7 Å². The Balaban J connectivity index is 1.16. The molecule has 1 saturated heterocycles. The number of aliphatic hydroxyl groups excluding tert-OH is 1. The number of β-amino-alcohol motifs (C(OH)–C–C–N with tert-alkyl or cyclic N) is 1. The number of terminal acetylenes is 1. The summed E-state index contributed by atoms with van der Waals surface area (Å²) < 4.78 is 21.7. The van der Waals surface area contributed by atoms with Gasteiger partial charge in [0.25, 0.3) is 5.91 Å². The first kappa shape index (κ1) is 26.2. The molecule has 198 valence electrons. The molecule has 1 aliphatic carbocycles. The van der Waals surface area contributed by atoms with Crippen molar-refractivity contribution in [2.24, 2.45) is 0 Å². The van der Waals surface area contributed by atoms with E-state index in [-0.39, 0.29) is 34.7 Å². The second-order valence-electron chi connectivity index (χ2n) is 9.98. The first-order valence-electron chi connectivity index (χ1n) is 12.8. The highest BCUT2D eigenvalue weighted by Crippen LogP contribution is 2.37. The summed E-state index contributed by atoms with van der Waals surface area (Å²) in [6, 6.07) is 9.77. The molecule has 9 heteroatoms. The van der Waals surface area contributed by atoms with Crippen molar-refractivity contribution in [3.8, 4) is 18.1 Å². The van der Waals surface area contributed by atoms with Gasteiger partial charge < -0.3 is 24.6 Å². The van der Waals surface area contributed by atoms with Crippen LogP contribution in [0.25, 0.3) is 10.9 Å². The normalized spacial score (nSPS) is 17.2. The predicted molar refractivity (Wildman–Crippen MR) is 144 cm³/mol. The van der Waals surface area contributed by atoms with Gasteiger partial charge in [-0.1, -0.05) is 17.5 Å². The molecule has 1 aromatic heterocycles. The molecule has 1 saturated carbocycles. The fourth-order valence-electron chi connectivity index (χ4n) is 4.87. The van der Waals surface area contributed by atoms with Crippen LogP contribution in [0.2, 0.25) is 5.02 Å². The summed E-state index contributed by atoms with van der Waals surface area (Å²) in [5.41, 5.74) is 0.817. The monoisotopic (exact) mass is 537 g/mol. The van der Waals surface area contributed by atoms with Gasteiger partial charge in [-0.05, 0) is 62.1 Å². The second-order valence-corrected chi connectivity index (χ2v) is 10.4. The standard InChI is InChI=1S/C29H29ClFN3O4/c1-2-18-3-7-22(8-4-18)38-17-21(35)15-33-11-9-19(10-12-33)32-29(37)24-16-34(20-5-6-20)27-14-25(30)26(31)13-23(27)28(24)36/h1,3-4,7-8,13-14,16,19-21,35H,5-6,9-12,15,17H2,(H,32,37)/t21-/m1/s1. The summed E-state index contributed by atoms with van der Waals surface area (Å²) in [5.74, 6) is 2.05. The molecule has 2 heterocycles. The van der Waals surface area contributed by atoms with Crippen LogP contribution in [-0.2, 0) is 0 Å². The van der Waals surface area contributed by atoms with Crippen molar-refractivity contribution >= 4 is 28.4 Å². The van der Waals surface area contributed by atoms with Gasteiger partial charge in [-0.15, -0.1) is 6.42 Å². The van der Waals surface area contributed by atoms with E-state index in [2.05, 4.69) is 16.1 Å². The van der Waals surface area contributed by atoms with E-state index in [0.717, 1.165) is 24.5 Å². The van der Waals surface area contributed by atoms with E-state index >= 15 is 0 Å². The number of carbonyl (C=O) groups is 1. The van der Waals surface area contributed by atoms with Gasteiger partial charge in [0.1, 0.15) is 29.8 Å². The van der Waals surface area contributed by atoms with Crippen LogP contribution in [-0.4, -0.2) is 58.9 Å². The van der Waals surface area contributed by atoms with E-state index < -0.39 is 23.3 Å². The number of rotatable bonds is 8. The van der Waals surface area contributed by atoms with Gasteiger partial charge in [-0.3, -0.25) is 9.59 Å². The van der Waals surface area contributed by atoms with Gasteiger partial charge >= 0.3 is 0 Å². The van der Waals surface area contributed by atoms with Crippen LogP contribution in [0, 0.1) is 18.2 Å². The number of ether oxygens (including phenoxy) is 1. The smallest absolute Gasteiger partial charge is 0.256 e. The molecule has 3 aromatic rings. The minimum atomic E-state index is -0.682. The molecule has 2 aromatic carbocycles. The molecule has 0 radical (unpaired) electrons. The minimum absolute atomic E-state index is 0.0106. The highest BCUT2D eigenvalue weighted by Gasteiger charge is 2.29. The van der Waals surface area contributed by atoms with Gasteiger partial charge in [0, 0.05) is 48.9 Å². The molecule has 0 unspecified atom stereocenters. The number of carbonyl (C=O) groups excluding carboxylic acids is 1. The summed E-state index contributed by atoms with van der Waals surface area (Å²) in [6.07, 6.45) is 9.50. The van der Waals surface area contributed by atoms with Crippen molar-refractivity contribution < 1.29 is 19.0 Å². The maximum Gasteiger partial charge on any atom is 0.256 e. The van der Waals surface area contributed by atoms with E-state index in [1.165, 1.54) is 6.07 Å². The maximum absolute atomic E-state index is 14.2. The van der Waals surface area contributed by atoms with Crippen molar-refractivity contribution in [3.05, 3.63) is 74.8 Å². The number of likely N-dealkylation sites (tertiary alicyclic amines) is 1. The van der Waals surface area contributed by atoms with Crippen LogP contribution in [0.5, 0.6) is 5.75 Å². The molecule has 7 nitrogen and oxygen atoms in total. The summed E-state index contributed by atoms with van der Waals surface area (Å²) in [7, 11) is 0. The van der Waals surface area contributed by atoms with Gasteiger partial charge in [0.15, 0.2) is 0 Å². The molecule has 2 N–H and O–H groups in total. The molecular weight excluding hydrogens is 509 g/mol. The van der Waals surface area contributed by atoms with Crippen molar-refractivity contribution in [2.45, 2.75) is 43.9 Å². The number of nitrogens with zero attached hydrogens (tertiary/aromatic N) is 2. The third kappa shape index (κ3) is 5.86. The van der Waals surface area contributed by atoms with Crippen LogP contribution in [0.15, 0.2) is 47.4 Å². The van der Waals surface area contributed by atoms with Gasteiger partial charge in [-0.25, -0.2) is 4.39 Å². The van der Waals surface area contributed by atoms with Crippen molar-refractivity contribution in [2.75, 3.05) is 26.2 Å². The molecule has 2 aliphatic rings. The van der Waals surface area contributed by atoms with Crippen molar-refractivity contribution in [3.63, 3.8) is 0 Å². The topological polar surface area (TPSA) is 83.8 Å². The molecule has 1 amide bonds. The van der Waals surface area contributed by atoms with Crippen LogP contribution in [0.3, 0.4) is 0 Å². The zero-order valence-corrected chi connectivity index (χ0v) is 21.6. The lowest BCUT2D eigenvalue weighted by Gasteiger charge is -2.33. The average Bonchev–Trinajstić information content (AvgIpc) is 3.76. The number of amides is 1. The third-order valence-electron chi connectivity index (χ3n) is 7.11. The van der Waals surface area contributed by atoms with Crippen LogP contribution < -0.4 is 15.5 Å². The number of piperidine rings is 1. The Hall–Kier alpha value is -3.38. The molecule has 2 fully saturated rings.